The highest BCUT2D eigenvalue weighted by Gasteiger charge is 2.18. The highest BCUT2D eigenvalue weighted by molar-refractivity contribution is 5.93. The summed E-state index contributed by atoms with van der Waals surface area (Å²) in [5.74, 6) is -0.0419. The van der Waals surface area contributed by atoms with Gasteiger partial charge in [0.1, 0.15) is 5.69 Å². The van der Waals surface area contributed by atoms with E-state index in [1.54, 1.807) is 4.68 Å². The van der Waals surface area contributed by atoms with Crippen molar-refractivity contribution in [3.8, 4) is 0 Å². The first kappa shape index (κ1) is 10.8. The van der Waals surface area contributed by atoms with E-state index in [4.69, 9.17) is 0 Å². The van der Waals surface area contributed by atoms with E-state index in [1.807, 2.05) is 36.4 Å². The Labute approximate surface area is 105 Å². The fourth-order valence-electron chi connectivity index (χ4n) is 2.02. The molecule has 2 N–H and O–H groups in total. The van der Waals surface area contributed by atoms with Gasteiger partial charge in [-0.3, -0.25) is 9.48 Å². The number of benzene rings is 1. The van der Waals surface area contributed by atoms with Crippen LogP contribution in [0.1, 0.15) is 16.2 Å². The molecule has 18 heavy (non-hydrogen) atoms. The van der Waals surface area contributed by atoms with Gasteiger partial charge in [0.2, 0.25) is 0 Å². The maximum Gasteiger partial charge on any atom is 0.269 e. The van der Waals surface area contributed by atoms with Gasteiger partial charge >= 0.3 is 0 Å². The maximum absolute atomic E-state index is 11.6. The number of fused-ring (bicyclic) bond motifs is 1. The molecule has 1 amide bonds. The van der Waals surface area contributed by atoms with Gasteiger partial charge < -0.3 is 10.6 Å². The standard InChI is InChI=1S/C13H14N4O/c18-13-12-8-11(16-17(12)7-6-14-13)9-15-10-4-2-1-3-5-10/h1-5,8,15H,6-7,9H2,(H,14,18). The van der Waals surface area contributed by atoms with Crippen LogP contribution in [0.5, 0.6) is 0 Å². The second kappa shape index (κ2) is 4.52. The van der Waals surface area contributed by atoms with E-state index in [-0.39, 0.29) is 5.91 Å². The first-order chi connectivity index (χ1) is 8.83. The Balaban J connectivity index is 1.72. The minimum absolute atomic E-state index is 0.0419. The Kier molecular flexibility index (Phi) is 2.72. The largest absolute Gasteiger partial charge is 0.379 e. The number of hydrogen-bond donors (Lipinski definition) is 2. The predicted octanol–water partition coefficient (Wildman–Crippen LogP) is 1.24. The van der Waals surface area contributed by atoms with Crippen LogP contribution < -0.4 is 10.6 Å². The molecule has 0 unspecified atom stereocenters. The third kappa shape index (κ3) is 2.07. The van der Waals surface area contributed by atoms with E-state index in [0.29, 0.717) is 18.8 Å². The van der Waals surface area contributed by atoms with Crippen LogP contribution in [-0.2, 0) is 13.1 Å². The molecule has 0 saturated heterocycles. The Hall–Kier alpha value is -2.30. The van der Waals surface area contributed by atoms with Gasteiger partial charge in [-0.25, -0.2) is 0 Å². The molecule has 1 aromatic heterocycles. The van der Waals surface area contributed by atoms with Crippen LogP contribution in [0.15, 0.2) is 36.4 Å². The van der Waals surface area contributed by atoms with E-state index < -0.39 is 0 Å². The monoisotopic (exact) mass is 242 g/mol. The Morgan fingerprint density at radius 3 is 2.94 bits per heavy atom. The summed E-state index contributed by atoms with van der Waals surface area (Å²) in [6, 6.07) is 11.8. The van der Waals surface area contributed by atoms with Crippen molar-refractivity contribution in [2.75, 3.05) is 11.9 Å². The number of para-hydroxylation sites is 1. The third-order valence-corrected chi connectivity index (χ3v) is 2.92. The predicted molar refractivity (Wildman–Crippen MR) is 68.3 cm³/mol. The first-order valence-electron chi connectivity index (χ1n) is 5.97. The van der Waals surface area contributed by atoms with Crippen LogP contribution in [0.4, 0.5) is 5.69 Å². The average molecular weight is 242 g/mol. The molecule has 1 aromatic carbocycles. The van der Waals surface area contributed by atoms with Gasteiger partial charge in [-0.05, 0) is 18.2 Å². The second-order valence-corrected chi connectivity index (χ2v) is 4.22. The van der Waals surface area contributed by atoms with Gasteiger partial charge in [-0.15, -0.1) is 0 Å². The van der Waals surface area contributed by atoms with Crippen molar-refractivity contribution < 1.29 is 4.79 Å². The molecular weight excluding hydrogens is 228 g/mol. The quantitative estimate of drug-likeness (QED) is 0.851. The summed E-state index contributed by atoms with van der Waals surface area (Å²) in [4.78, 5) is 11.6. The van der Waals surface area contributed by atoms with Crippen molar-refractivity contribution in [2.45, 2.75) is 13.1 Å². The molecule has 0 spiro atoms. The van der Waals surface area contributed by atoms with Crippen LogP contribution in [0.3, 0.4) is 0 Å². The number of nitrogens with one attached hydrogen (secondary N) is 2. The number of rotatable bonds is 3. The number of aromatic nitrogens is 2. The zero-order valence-electron chi connectivity index (χ0n) is 9.89. The minimum atomic E-state index is -0.0419. The van der Waals surface area contributed by atoms with Crippen molar-refractivity contribution in [3.63, 3.8) is 0 Å². The van der Waals surface area contributed by atoms with E-state index in [1.165, 1.54) is 0 Å². The molecule has 3 rings (SSSR count). The molecule has 1 aliphatic rings. The molecule has 0 bridgehead atoms. The molecule has 92 valence electrons. The van der Waals surface area contributed by atoms with Crippen LogP contribution in [0, 0.1) is 0 Å². The lowest BCUT2D eigenvalue weighted by Gasteiger charge is -2.13. The van der Waals surface area contributed by atoms with Crippen molar-refractivity contribution in [3.05, 3.63) is 47.8 Å². The van der Waals surface area contributed by atoms with E-state index in [9.17, 15) is 4.79 Å². The SMILES string of the molecule is O=C1NCCn2nc(CNc3ccccc3)cc21. The Morgan fingerprint density at radius 1 is 1.33 bits per heavy atom. The lowest BCUT2D eigenvalue weighted by molar-refractivity contribution is 0.0924. The van der Waals surface area contributed by atoms with E-state index in [0.717, 1.165) is 17.9 Å². The van der Waals surface area contributed by atoms with Gasteiger partial charge in [0.05, 0.1) is 18.8 Å². The normalized spacial score (nSPS) is 13.9. The first-order valence-corrected chi connectivity index (χ1v) is 5.97. The molecule has 0 aliphatic carbocycles. The molecular formula is C13H14N4O. The van der Waals surface area contributed by atoms with Crippen LogP contribution in [0.25, 0.3) is 0 Å². The van der Waals surface area contributed by atoms with Crippen LogP contribution in [-0.4, -0.2) is 22.2 Å². The maximum atomic E-state index is 11.6. The summed E-state index contributed by atoms with van der Waals surface area (Å²) in [6.45, 7) is 2.02. The molecule has 5 heteroatoms. The highest BCUT2D eigenvalue weighted by atomic mass is 16.2. The number of anilines is 1. The molecule has 5 nitrogen and oxygen atoms in total. The summed E-state index contributed by atoms with van der Waals surface area (Å²) in [6.07, 6.45) is 0. The third-order valence-electron chi connectivity index (χ3n) is 2.92. The topological polar surface area (TPSA) is 59.0 Å². The minimum Gasteiger partial charge on any atom is -0.379 e. The van der Waals surface area contributed by atoms with Gasteiger partial charge in [-0.1, -0.05) is 18.2 Å². The molecule has 1 aliphatic heterocycles. The number of carbonyl (C=O) groups is 1. The van der Waals surface area contributed by atoms with Gasteiger partial charge in [0.25, 0.3) is 5.91 Å². The lowest BCUT2D eigenvalue weighted by Crippen LogP contribution is -2.35. The van der Waals surface area contributed by atoms with Crippen LogP contribution in [0.2, 0.25) is 0 Å². The zero-order chi connectivity index (χ0) is 12.4. The lowest BCUT2D eigenvalue weighted by atomic mass is 10.3. The second-order valence-electron chi connectivity index (χ2n) is 4.22. The Bertz CT molecular complexity index is 562. The summed E-state index contributed by atoms with van der Waals surface area (Å²) < 4.78 is 1.76. The van der Waals surface area contributed by atoms with Crippen molar-refractivity contribution >= 4 is 11.6 Å². The van der Waals surface area contributed by atoms with Gasteiger partial charge in [0.15, 0.2) is 0 Å². The molecule has 0 saturated carbocycles. The number of amides is 1. The fourth-order valence-corrected chi connectivity index (χ4v) is 2.02. The van der Waals surface area contributed by atoms with Gasteiger partial charge in [0, 0.05) is 12.2 Å². The average Bonchev–Trinajstić information content (AvgIpc) is 2.82. The molecule has 2 heterocycles. The summed E-state index contributed by atoms with van der Waals surface area (Å²) in [5, 5.41) is 10.5. The summed E-state index contributed by atoms with van der Waals surface area (Å²) in [7, 11) is 0. The van der Waals surface area contributed by atoms with E-state index >= 15 is 0 Å². The number of hydrogen-bond acceptors (Lipinski definition) is 3. The molecule has 2 aromatic rings. The van der Waals surface area contributed by atoms with Crippen molar-refractivity contribution in [1.82, 2.24) is 15.1 Å². The van der Waals surface area contributed by atoms with Crippen molar-refractivity contribution in [2.24, 2.45) is 0 Å². The number of carbonyl (C=O) groups excluding carboxylic acids is 1. The molecule has 0 atom stereocenters. The van der Waals surface area contributed by atoms with E-state index in [2.05, 4.69) is 15.7 Å². The van der Waals surface area contributed by atoms with Crippen LogP contribution >= 0.6 is 0 Å². The smallest absolute Gasteiger partial charge is 0.269 e. The fraction of sp³-hybridized carbons (Fsp3) is 0.231. The highest BCUT2D eigenvalue weighted by Crippen LogP contribution is 2.11. The summed E-state index contributed by atoms with van der Waals surface area (Å²) >= 11 is 0. The zero-order valence-corrected chi connectivity index (χ0v) is 9.89. The Morgan fingerprint density at radius 2 is 2.17 bits per heavy atom. The van der Waals surface area contributed by atoms with Crippen molar-refractivity contribution in [1.29, 1.82) is 0 Å². The summed E-state index contributed by atoms with van der Waals surface area (Å²) in [5.41, 5.74) is 2.57. The van der Waals surface area contributed by atoms with Gasteiger partial charge in [-0.2, -0.15) is 5.10 Å². The number of nitrogens with zero attached hydrogens (tertiary/aromatic N) is 2. The molecule has 0 radical (unpaired) electrons. The molecule has 0 fully saturated rings.